The van der Waals surface area contributed by atoms with Crippen LogP contribution in [0.1, 0.15) is 25.8 Å². The van der Waals surface area contributed by atoms with Gasteiger partial charge in [0.05, 0.1) is 12.7 Å². The van der Waals surface area contributed by atoms with Crippen LogP contribution in [0.2, 0.25) is 0 Å². The minimum absolute atomic E-state index is 0.194. The molecule has 0 saturated carbocycles. The van der Waals surface area contributed by atoms with Gasteiger partial charge in [-0.25, -0.2) is 10.3 Å². The second-order valence-electron chi connectivity index (χ2n) is 4.73. The molecule has 0 aliphatic heterocycles. The molecule has 1 aromatic rings. The molecule has 0 aromatic heterocycles. The number of benzene rings is 1. The molecular weight excluding hydrogens is 244 g/mol. The van der Waals surface area contributed by atoms with Gasteiger partial charge in [-0.1, -0.05) is 44.2 Å². The van der Waals surface area contributed by atoms with E-state index in [4.69, 9.17) is 4.84 Å². The third kappa shape index (κ3) is 6.79. The second-order valence-corrected chi connectivity index (χ2v) is 4.73. The number of hydroxylamine groups is 1. The number of hydrogen-bond donors (Lipinski definition) is 3. The number of urea groups is 1. The molecule has 5 heteroatoms. The molecule has 0 aliphatic carbocycles. The van der Waals surface area contributed by atoms with Crippen LogP contribution in [-0.2, 0) is 11.4 Å². The molecule has 0 fully saturated rings. The van der Waals surface area contributed by atoms with Crippen molar-refractivity contribution in [3.05, 3.63) is 35.9 Å². The highest BCUT2D eigenvalue weighted by Crippen LogP contribution is 2.03. The van der Waals surface area contributed by atoms with Gasteiger partial charge < -0.3 is 10.4 Å². The highest BCUT2D eigenvalue weighted by molar-refractivity contribution is 5.72. The van der Waals surface area contributed by atoms with Gasteiger partial charge in [0.15, 0.2) is 0 Å². The molecule has 0 bridgehead atoms. The first-order valence-electron chi connectivity index (χ1n) is 6.47. The first-order valence-corrected chi connectivity index (χ1v) is 6.47. The summed E-state index contributed by atoms with van der Waals surface area (Å²) >= 11 is 0. The monoisotopic (exact) mass is 266 g/mol. The Kier molecular flexibility index (Phi) is 6.92. The lowest BCUT2D eigenvalue weighted by Gasteiger charge is -2.14. The van der Waals surface area contributed by atoms with E-state index in [0.717, 1.165) is 5.56 Å². The standard InChI is InChI=1S/C14H22N2O3/c1-11(2)13(17)8-9-15-14(18)16-19-10-12-6-4-3-5-7-12/h3-7,11,13,17H,8-10H2,1-2H3,(H2,15,16,18). The Bertz CT molecular complexity index is 368. The molecule has 0 aliphatic rings. The second kappa shape index (κ2) is 8.50. The molecule has 5 nitrogen and oxygen atoms in total. The number of aliphatic hydroxyl groups is 1. The van der Waals surface area contributed by atoms with E-state index in [1.807, 2.05) is 44.2 Å². The van der Waals surface area contributed by atoms with E-state index in [1.165, 1.54) is 0 Å². The lowest BCUT2D eigenvalue weighted by molar-refractivity contribution is 0.0484. The topological polar surface area (TPSA) is 70.6 Å². The van der Waals surface area contributed by atoms with Gasteiger partial charge in [-0.05, 0) is 17.9 Å². The summed E-state index contributed by atoms with van der Waals surface area (Å²) in [5.41, 5.74) is 3.29. The van der Waals surface area contributed by atoms with Gasteiger partial charge >= 0.3 is 6.03 Å². The van der Waals surface area contributed by atoms with Gasteiger partial charge in [0.25, 0.3) is 0 Å². The zero-order valence-electron chi connectivity index (χ0n) is 11.4. The van der Waals surface area contributed by atoms with Crippen LogP contribution in [0, 0.1) is 5.92 Å². The predicted octanol–water partition coefficient (Wildman–Crippen LogP) is 1.82. The molecule has 1 aromatic carbocycles. The third-order valence-corrected chi connectivity index (χ3v) is 2.74. The first-order chi connectivity index (χ1) is 9.09. The van der Waals surface area contributed by atoms with Crippen molar-refractivity contribution in [3.63, 3.8) is 0 Å². The molecule has 1 unspecified atom stereocenters. The minimum Gasteiger partial charge on any atom is -0.393 e. The number of amides is 2. The first kappa shape index (κ1) is 15.5. The van der Waals surface area contributed by atoms with Crippen LogP contribution in [0.25, 0.3) is 0 Å². The maximum atomic E-state index is 11.4. The molecule has 19 heavy (non-hydrogen) atoms. The van der Waals surface area contributed by atoms with E-state index in [1.54, 1.807) is 0 Å². The lowest BCUT2D eigenvalue weighted by atomic mass is 10.0. The summed E-state index contributed by atoms with van der Waals surface area (Å²) in [6, 6.07) is 9.17. The van der Waals surface area contributed by atoms with Crippen molar-refractivity contribution in [2.24, 2.45) is 5.92 Å². The molecule has 0 heterocycles. The van der Waals surface area contributed by atoms with Crippen molar-refractivity contribution in [3.8, 4) is 0 Å². The maximum Gasteiger partial charge on any atom is 0.338 e. The number of carbonyl (C=O) groups is 1. The molecule has 3 N–H and O–H groups in total. The molecule has 1 rings (SSSR count). The molecular formula is C14H22N2O3. The Labute approximate surface area is 113 Å². The predicted molar refractivity (Wildman–Crippen MR) is 73.2 cm³/mol. The van der Waals surface area contributed by atoms with Crippen LogP contribution in [0.5, 0.6) is 0 Å². The summed E-state index contributed by atoms with van der Waals surface area (Å²) in [4.78, 5) is 16.4. The zero-order chi connectivity index (χ0) is 14.1. The summed E-state index contributed by atoms with van der Waals surface area (Å²) in [5.74, 6) is 0.194. The Morgan fingerprint density at radius 2 is 2.00 bits per heavy atom. The Morgan fingerprint density at radius 1 is 1.32 bits per heavy atom. The SMILES string of the molecule is CC(C)C(O)CCNC(=O)NOCc1ccccc1. The normalized spacial score (nSPS) is 12.2. The summed E-state index contributed by atoms with van der Waals surface area (Å²) in [7, 11) is 0. The molecule has 2 amide bonds. The third-order valence-electron chi connectivity index (χ3n) is 2.74. The van der Waals surface area contributed by atoms with Gasteiger partial charge in [0, 0.05) is 6.54 Å². The summed E-state index contributed by atoms with van der Waals surface area (Å²) < 4.78 is 0. The molecule has 106 valence electrons. The lowest BCUT2D eigenvalue weighted by Crippen LogP contribution is -2.37. The van der Waals surface area contributed by atoms with E-state index >= 15 is 0 Å². The fraction of sp³-hybridized carbons (Fsp3) is 0.500. The van der Waals surface area contributed by atoms with Crippen molar-refractivity contribution in [1.29, 1.82) is 0 Å². The van der Waals surface area contributed by atoms with Crippen molar-refractivity contribution < 1.29 is 14.7 Å². The Hall–Kier alpha value is -1.59. The average molecular weight is 266 g/mol. The van der Waals surface area contributed by atoms with E-state index in [0.29, 0.717) is 19.6 Å². The van der Waals surface area contributed by atoms with Crippen LogP contribution in [0.4, 0.5) is 4.79 Å². The number of rotatable bonds is 7. The highest BCUT2D eigenvalue weighted by atomic mass is 16.7. The number of hydrogen-bond acceptors (Lipinski definition) is 3. The van der Waals surface area contributed by atoms with Crippen LogP contribution in [0.15, 0.2) is 30.3 Å². The molecule has 0 radical (unpaired) electrons. The van der Waals surface area contributed by atoms with Crippen LogP contribution in [0.3, 0.4) is 0 Å². The molecule has 0 saturated heterocycles. The highest BCUT2D eigenvalue weighted by Gasteiger charge is 2.09. The molecule has 0 spiro atoms. The van der Waals surface area contributed by atoms with Gasteiger partial charge in [-0.2, -0.15) is 0 Å². The van der Waals surface area contributed by atoms with Crippen molar-refractivity contribution in [1.82, 2.24) is 10.8 Å². The summed E-state index contributed by atoms with van der Waals surface area (Å²) in [6.45, 7) is 4.62. The van der Waals surface area contributed by atoms with Crippen LogP contribution >= 0.6 is 0 Å². The van der Waals surface area contributed by atoms with E-state index < -0.39 is 12.1 Å². The average Bonchev–Trinajstić information content (AvgIpc) is 2.39. The fourth-order valence-corrected chi connectivity index (χ4v) is 1.46. The Morgan fingerprint density at radius 3 is 2.63 bits per heavy atom. The van der Waals surface area contributed by atoms with E-state index in [2.05, 4.69) is 10.8 Å². The van der Waals surface area contributed by atoms with Crippen molar-refractivity contribution in [2.75, 3.05) is 6.54 Å². The fourth-order valence-electron chi connectivity index (χ4n) is 1.46. The zero-order valence-corrected chi connectivity index (χ0v) is 11.4. The van der Waals surface area contributed by atoms with Crippen molar-refractivity contribution in [2.45, 2.75) is 33.0 Å². The van der Waals surface area contributed by atoms with Crippen LogP contribution < -0.4 is 10.8 Å². The summed E-state index contributed by atoms with van der Waals surface area (Å²) in [6.07, 6.45) is 0.134. The smallest absolute Gasteiger partial charge is 0.338 e. The number of aliphatic hydroxyl groups excluding tert-OH is 1. The summed E-state index contributed by atoms with van der Waals surface area (Å²) in [5, 5.41) is 12.2. The molecule has 1 atom stereocenters. The number of nitrogens with one attached hydrogen (secondary N) is 2. The largest absolute Gasteiger partial charge is 0.393 e. The van der Waals surface area contributed by atoms with Gasteiger partial charge in [0.1, 0.15) is 0 Å². The Balaban J connectivity index is 2.08. The quantitative estimate of drug-likeness (QED) is 0.659. The minimum atomic E-state index is -0.398. The van der Waals surface area contributed by atoms with Crippen molar-refractivity contribution >= 4 is 6.03 Å². The maximum absolute atomic E-state index is 11.4. The number of carbonyl (C=O) groups excluding carboxylic acids is 1. The van der Waals surface area contributed by atoms with Crippen LogP contribution in [-0.4, -0.2) is 23.8 Å². The van der Waals surface area contributed by atoms with Gasteiger partial charge in [-0.15, -0.1) is 0 Å². The van der Waals surface area contributed by atoms with E-state index in [9.17, 15) is 9.90 Å². The van der Waals surface area contributed by atoms with Gasteiger partial charge in [-0.3, -0.25) is 4.84 Å². The van der Waals surface area contributed by atoms with Gasteiger partial charge in [0.2, 0.25) is 0 Å². The van der Waals surface area contributed by atoms with E-state index in [-0.39, 0.29) is 5.92 Å².